The molecule has 0 N–H and O–H groups in total. The third-order valence-electron chi connectivity index (χ3n) is 26.4. The van der Waals surface area contributed by atoms with E-state index in [0.29, 0.717) is 0 Å². The molecule has 538 valence electrons. The summed E-state index contributed by atoms with van der Waals surface area (Å²) in [6.07, 6.45) is 4.68. The van der Waals surface area contributed by atoms with Crippen molar-refractivity contribution in [2.24, 2.45) is 0 Å². The second kappa shape index (κ2) is 24.4. The second-order valence-corrected chi connectivity index (χ2v) is 34.9. The van der Waals surface area contributed by atoms with E-state index < -0.39 is 0 Å². The first-order valence-electron chi connectivity index (χ1n) is 40.1. The lowest BCUT2D eigenvalue weighted by Crippen LogP contribution is -2.61. The molecule has 0 amide bonds. The molecule has 2 aliphatic heterocycles. The molecule has 0 bridgehead atoms. The van der Waals surface area contributed by atoms with Crippen molar-refractivity contribution in [3.05, 3.63) is 344 Å². The summed E-state index contributed by atoms with van der Waals surface area (Å²) in [5.74, 6) is 0. The highest BCUT2D eigenvalue weighted by Gasteiger charge is 2.45. The van der Waals surface area contributed by atoms with Crippen LogP contribution in [0.4, 0.5) is 34.1 Å². The molecule has 4 aliphatic rings. The van der Waals surface area contributed by atoms with Crippen molar-refractivity contribution >= 4 is 123 Å². The lowest BCUT2D eigenvalue weighted by molar-refractivity contribution is 0.332. The predicted molar refractivity (Wildman–Crippen MR) is 474 cm³/mol. The Balaban J connectivity index is 0.792. The highest BCUT2D eigenvalue weighted by Crippen LogP contribution is 2.53. The van der Waals surface area contributed by atoms with Gasteiger partial charge in [-0.1, -0.05) is 250 Å². The summed E-state index contributed by atoms with van der Waals surface area (Å²) in [6.45, 7) is 19.3. The maximum Gasteiger partial charge on any atom is 0.252 e. The van der Waals surface area contributed by atoms with Crippen LogP contribution < -0.4 is 26.2 Å². The summed E-state index contributed by atoms with van der Waals surface area (Å²) in [7, 11) is 0. The Morgan fingerprint density at radius 1 is 0.241 bits per heavy atom. The summed E-state index contributed by atoms with van der Waals surface area (Å²) in [5.41, 5.74) is 37.3. The highest BCUT2D eigenvalue weighted by atomic mass is 16.3. The number of aromatic nitrogens is 2. The molecule has 18 aromatic rings. The minimum Gasteiger partial charge on any atom is -0.456 e. The van der Waals surface area contributed by atoms with Gasteiger partial charge in [0.2, 0.25) is 0 Å². The van der Waals surface area contributed by atoms with Crippen molar-refractivity contribution in [2.75, 3.05) is 9.80 Å². The molecule has 0 spiro atoms. The molecule has 112 heavy (non-hydrogen) atoms. The monoisotopic (exact) mass is 1440 g/mol. The van der Waals surface area contributed by atoms with Crippen LogP contribution in [0, 0.1) is 0 Å². The first-order valence-corrected chi connectivity index (χ1v) is 40.1. The van der Waals surface area contributed by atoms with Crippen molar-refractivity contribution in [2.45, 2.75) is 103 Å². The van der Waals surface area contributed by atoms with Crippen LogP contribution in [-0.2, 0) is 21.7 Å². The minimum absolute atomic E-state index is 0.0712. The van der Waals surface area contributed by atoms with Crippen LogP contribution in [0.1, 0.15) is 103 Å². The SMILES string of the molecule is CC1(C)CCC(C)(C)c2cc(-c3ccc(N4c5cc(-c6ccc7c(c6)c6ccccc6n7-c6ccccc6)ccc5B5c6ccc(-c7ccc8c(c7)c7ccccc7n8-c7ccccc7)cc6N(c6ccc(-c7ccc8c(c7)C(C)(C)CCC8(C)C)cc6)c6cc(-c7ccc8oc9ccccc9c8c7)cc4c65)cc3)ccc21. The Hall–Kier alpha value is -12.6. The largest absolute Gasteiger partial charge is 0.456 e. The van der Waals surface area contributed by atoms with Gasteiger partial charge < -0.3 is 23.4 Å². The summed E-state index contributed by atoms with van der Waals surface area (Å²) >= 11 is 0. The maximum atomic E-state index is 6.61. The zero-order valence-corrected chi connectivity index (χ0v) is 64.7. The first-order chi connectivity index (χ1) is 54.5. The number of para-hydroxylation sites is 5. The zero-order valence-electron chi connectivity index (χ0n) is 64.7. The van der Waals surface area contributed by atoms with Crippen molar-refractivity contribution in [1.82, 2.24) is 9.13 Å². The number of furan rings is 1. The van der Waals surface area contributed by atoms with Crippen molar-refractivity contribution in [3.63, 3.8) is 0 Å². The molecule has 0 saturated carbocycles. The van der Waals surface area contributed by atoms with E-state index in [0.717, 1.165) is 114 Å². The number of rotatable bonds is 9. The summed E-state index contributed by atoms with van der Waals surface area (Å²) in [4.78, 5) is 5.23. The summed E-state index contributed by atoms with van der Waals surface area (Å²) < 4.78 is 11.4. The van der Waals surface area contributed by atoms with Crippen LogP contribution in [0.15, 0.2) is 326 Å². The number of nitrogens with zero attached hydrogens (tertiary/aromatic N) is 4. The smallest absolute Gasteiger partial charge is 0.252 e. The molecular formula is C106H85BN4O. The lowest BCUT2D eigenvalue weighted by Gasteiger charge is -2.44. The van der Waals surface area contributed by atoms with E-state index in [1.807, 2.05) is 0 Å². The molecule has 0 atom stereocenters. The van der Waals surface area contributed by atoms with Crippen LogP contribution in [-0.4, -0.2) is 15.8 Å². The van der Waals surface area contributed by atoms with Gasteiger partial charge in [-0.25, -0.2) is 0 Å². The second-order valence-electron chi connectivity index (χ2n) is 34.9. The van der Waals surface area contributed by atoms with Gasteiger partial charge in [0, 0.05) is 77.8 Å². The number of benzene rings is 15. The van der Waals surface area contributed by atoms with Crippen molar-refractivity contribution < 1.29 is 4.42 Å². The third kappa shape index (κ3) is 10.2. The molecule has 0 fully saturated rings. The summed E-state index contributed by atoms with van der Waals surface area (Å²) in [5, 5.41) is 7.10. The fraction of sp³-hybridized carbons (Fsp3) is 0.151. The van der Waals surface area contributed by atoms with Gasteiger partial charge in [0.25, 0.3) is 6.71 Å². The van der Waals surface area contributed by atoms with E-state index in [1.165, 1.54) is 117 Å². The average molecular weight is 1440 g/mol. The van der Waals surface area contributed by atoms with Gasteiger partial charge in [-0.3, -0.25) is 0 Å². The van der Waals surface area contributed by atoms with Gasteiger partial charge >= 0.3 is 0 Å². The normalized spacial score (nSPS) is 15.6. The Morgan fingerprint density at radius 3 is 1.06 bits per heavy atom. The molecule has 3 aromatic heterocycles. The lowest BCUT2D eigenvalue weighted by atomic mass is 9.33. The Bertz CT molecular complexity index is 6590. The van der Waals surface area contributed by atoms with Crippen LogP contribution in [0.5, 0.6) is 0 Å². The van der Waals surface area contributed by atoms with E-state index in [4.69, 9.17) is 4.42 Å². The van der Waals surface area contributed by atoms with Gasteiger partial charge in [0.05, 0.1) is 22.1 Å². The Morgan fingerprint density at radius 2 is 0.580 bits per heavy atom. The van der Waals surface area contributed by atoms with Crippen LogP contribution in [0.2, 0.25) is 0 Å². The molecule has 6 heteroatoms. The Kier molecular flexibility index (Phi) is 14.5. The van der Waals surface area contributed by atoms with E-state index >= 15 is 0 Å². The first kappa shape index (κ1) is 66.4. The van der Waals surface area contributed by atoms with Gasteiger partial charge in [-0.15, -0.1) is 0 Å². The highest BCUT2D eigenvalue weighted by molar-refractivity contribution is 7.00. The fourth-order valence-electron chi connectivity index (χ4n) is 20.1. The van der Waals surface area contributed by atoms with E-state index in [-0.39, 0.29) is 28.4 Å². The number of anilines is 6. The standard InChI is InChI=1S/C106H85BN4O/c1-103(2)53-55-105(5,6)88-60-71(35-46-86(88)103)66-31-42-78(43-32-66)110-96-62-73(68-39-50-94-83(57-68)80-25-15-18-28-92(80)108(94)76-21-11-9-12-22-76)37-48-90(96)107-91-49-38-74(69-40-51-95-84(58-69)81-26-16-19-29-93(81)109(95)77-23-13-10-14-24-77)63-97(91)111(79-44-33-67(34-45-79)72-36-47-87-89(61-72)106(7,8)56-54-104(87,3)4)99-65-75(64-98(110)102(99)107)70-41-52-101-85(59-70)82-27-17-20-30-100(82)112-101/h9-52,57-65H,53-56H2,1-8H3. The fourth-order valence-corrected chi connectivity index (χ4v) is 20.1. The number of fused-ring (bicyclic) bond motifs is 15. The third-order valence-corrected chi connectivity index (χ3v) is 26.4. The number of hydrogen-bond acceptors (Lipinski definition) is 3. The molecule has 22 rings (SSSR count). The predicted octanol–water partition coefficient (Wildman–Crippen LogP) is 26.9. The van der Waals surface area contributed by atoms with E-state index in [1.54, 1.807) is 0 Å². The van der Waals surface area contributed by atoms with Gasteiger partial charge in [0.1, 0.15) is 11.2 Å². The molecule has 5 heterocycles. The van der Waals surface area contributed by atoms with E-state index in [2.05, 4.69) is 396 Å². The molecule has 15 aromatic carbocycles. The van der Waals surface area contributed by atoms with Crippen LogP contribution in [0.3, 0.4) is 0 Å². The average Bonchev–Trinajstić information content (AvgIpc) is 1.01. The van der Waals surface area contributed by atoms with Crippen LogP contribution in [0.25, 0.3) is 133 Å². The molecule has 0 saturated heterocycles. The van der Waals surface area contributed by atoms with Gasteiger partial charge in [-0.05, 0) is 269 Å². The van der Waals surface area contributed by atoms with E-state index in [9.17, 15) is 0 Å². The van der Waals surface area contributed by atoms with Crippen molar-refractivity contribution in [3.8, 4) is 67.0 Å². The van der Waals surface area contributed by atoms with Gasteiger partial charge in [-0.2, -0.15) is 0 Å². The van der Waals surface area contributed by atoms with Gasteiger partial charge in [0.15, 0.2) is 0 Å². The zero-order chi connectivity index (χ0) is 75.3. The Labute approximate surface area is 655 Å². The maximum absolute atomic E-state index is 6.61. The summed E-state index contributed by atoms with van der Waals surface area (Å²) in [6, 6.07) is 122. The quantitative estimate of drug-likeness (QED) is 0.135. The minimum atomic E-state index is -0.178. The molecule has 0 unspecified atom stereocenters. The topological polar surface area (TPSA) is 29.5 Å². The van der Waals surface area contributed by atoms with Crippen molar-refractivity contribution in [1.29, 1.82) is 0 Å². The number of hydrogen-bond donors (Lipinski definition) is 0. The molecular weight excluding hydrogens is 1360 g/mol. The molecule has 2 aliphatic carbocycles. The molecule has 5 nitrogen and oxygen atoms in total. The van der Waals surface area contributed by atoms with Crippen LogP contribution >= 0.6 is 0 Å². The molecule has 0 radical (unpaired) electrons.